The van der Waals surface area contributed by atoms with Gasteiger partial charge in [0.05, 0.1) is 11.1 Å². The van der Waals surface area contributed by atoms with E-state index in [-0.39, 0.29) is 6.07 Å². The Kier molecular flexibility index (Phi) is 6.46. The molecule has 2 radical (unpaired) electrons. The van der Waals surface area contributed by atoms with Crippen LogP contribution in [0, 0.1) is 0 Å². The van der Waals surface area contributed by atoms with Gasteiger partial charge in [-0.15, -0.1) is 0 Å². The quantitative estimate of drug-likeness (QED) is 0.531. The zero-order chi connectivity index (χ0) is 15.3. The predicted octanol–water partition coefficient (Wildman–Crippen LogP) is 4.32. The molecule has 0 fully saturated rings. The van der Waals surface area contributed by atoms with Crippen molar-refractivity contribution >= 4 is 13.3 Å². The van der Waals surface area contributed by atoms with E-state index in [0.29, 0.717) is 12.1 Å². The molecule has 19 heavy (non-hydrogen) atoms. The molecule has 0 unspecified atom stereocenters. The van der Waals surface area contributed by atoms with Gasteiger partial charge in [-0.05, 0) is 6.07 Å². The van der Waals surface area contributed by atoms with E-state index < -0.39 is 28.9 Å². The monoisotopic (exact) mass is 282 g/mol. The third-order valence-electron chi connectivity index (χ3n) is 2.11. The van der Waals surface area contributed by atoms with Crippen molar-refractivity contribution in [3.63, 3.8) is 0 Å². The van der Waals surface area contributed by atoms with Gasteiger partial charge in [-0.3, -0.25) is 0 Å². The first-order valence-electron chi connectivity index (χ1n) is 5.57. The smallest absolute Gasteiger partial charge is 0.166 e. The van der Waals surface area contributed by atoms with Crippen LogP contribution in [0.3, 0.4) is 0 Å². The fraction of sp³-hybridized carbons (Fsp3) is 0.500. The van der Waals surface area contributed by atoms with Gasteiger partial charge >= 0.3 is 12.4 Å². The summed E-state index contributed by atoms with van der Waals surface area (Å²) in [7, 11) is 4.95. The normalized spacial score (nSPS) is 11.8. The molecule has 0 saturated heterocycles. The first-order valence-corrected chi connectivity index (χ1v) is 5.57. The summed E-state index contributed by atoms with van der Waals surface area (Å²) in [4.78, 5) is 0. The zero-order valence-electron chi connectivity index (χ0n) is 10.5. The molecule has 0 aliphatic carbocycles. The lowest BCUT2D eigenvalue weighted by Crippen LogP contribution is -2.16. The molecular formula is C12H13BF6. The van der Waals surface area contributed by atoms with Gasteiger partial charge in [-0.1, -0.05) is 44.3 Å². The van der Waals surface area contributed by atoms with Crippen LogP contribution in [0.25, 0.3) is 0 Å². The molecule has 0 bridgehead atoms. The molecule has 0 nitrogen and oxygen atoms in total. The molecule has 106 valence electrons. The van der Waals surface area contributed by atoms with Gasteiger partial charge in [0.2, 0.25) is 0 Å². The van der Waals surface area contributed by atoms with Crippen LogP contribution in [0.2, 0.25) is 0 Å². The van der Waals surface area contributed by atoms with Crippen LogP contribution in [-0.4, -0.2) is 7.85 Å². The summed E-state index contributed by atoms with van der Waals surface area (Å²) in [6.45, 7) is 4.36. The summed E-state index contributed by atoms with van der Waals surface area (Å²) in [6, 6.07) is 0.931. The Bertz CT molecular complexity index is 360. The van der Waals surface area contributed by atoms with E-state index in [0.717, 1.165) is 0 Å². The van der Waals surface area contributed by atoms with E-state index >= 15 is 0 Å². The summed E-state index contributed by atoms with van der Waals surface area (Å²) in [5.74, 6) is 0. The molecule has 1 aromatic rings. The van der Waals surface area contributed by atoms with Crippen molar-refractivity contribution in [1.82, 2.24) is 0 Å². The van der Waals surface area contributed by atoms with Gasteiger partial charge in [0.1, 0.15) is 7.85 Å². The molecule has 7 heteroatoms. The number of benzene rings is 1. The number of alkyl halides is 6. The lowest BCUT2D eigenvalue weighted by Gasteiger charge is -2.12. The number of halogens is 6. The predicted molar refractivity (Wildman–Crippen MR) is 62.4 cm³/mol. The van der Waals surface area contributed by atoms with Crippen molar-refractivity contribution < 1.29 is 26.3 Å². The Balaban J connectivity index is 0.000000711. The molecule has 0 atom stereocenters. The second-order valence-electron chi connectivity index (χ2n) is 3.84. The second-order valence-corrected chi connectivity index (χ2v) is 3.84. The standard InChI is InChI=1S/C8H3BF6.C4H10/c9-6-2-4(7(10,11)12)1-5(3-6)8(13,14)15;1-3-4-2/h1-3H;3-4H2,1-2H3. The van der Waals surface area contributed by atoms with Crippen molar-refractivity contribution in [3.8, 4) is 0 Å². The van der Waals surface area contributed by atoms with Gasteiger partial charge in [0, 0.05) is 0 Å². The van der Waals surface area contributed by atoms with Crippen LogP contribution in [0.4, 0.5) is 26.3 Å². The Hall–Kier alpha value is -1.14. The van der Waals surface area contributed by atoms with Crippen molar-refractivity contribution in [2.24, 2.45) is 0 Å². The molecule has 0 heterocycles. The first-order chi connectivity index (χ1) is 8.52. The van der Waals surface area contributed by atoms with Crippen LogP contribution in [0.5, 0.6) is 0 Å². The van der Waals surface area contributed by atoms with E-state index in [4.69, 9.17) is 7.85 Å². The number of hydrogen-bond donors (Lipinski definition) is 0. The summed E-state index contributed by atoms with van der Waals surface area (Å²) in [5, 5.41) is 0. The fourth-order valence-electron chi connectivity index (χ4n) is 0.979. The van der Waals surface area contributed by atoms with Crippen molar-refractivity contribution in [2.75, 3.05) is 0 Å². The van der Waals surface area contributed by atoms with Crippen LogP contribution in [0.15, 0.2) is 18.2 Å². The Morgan fingerprint density at radius 1 is 0.789 bits per heavy atom. The molecule has 0 aliphatic rings. The van der Waals surface area contributed by atoms with E-state index in [2.05, 4.69) is 13.8 Å². The molecule has 0 aliphatic heterocycles. The van der Waals surface area contributed by atoms with Crippen LogP contribution >= 0.6 is 0 Å². The fourth-order valence-corrected chi connectivity index (χ4v) is 0.979. The van der Waals surface area contributed by atoms with Gasteiger partial charge in [0.15, 0.2) is 0 Å². The Morgan fingerprint density at radius 3 is 1.32 bits per heavy atom. The number of rotatable bonds is 1. The second kappa shape index (κ2) is 6.87. The molecule has 0 aromatic heterocycles. The highest BCUT2D eigenvalue weighted by Crippen LogP contribution is 2.34. The highest BCUT2D eigenvalue weighted by atomic mass is 19.4. The molecule has 0 amide bonds. The van der Waals surface area contributed by atoms with Crippen LogP contribution < -0.4 is 5.46 Å². The third kappa shape index (κ3) is 6.54. The minimum atomic E-state index is -4.84. The number of hydrogen-bond acceptors (Lipinski definition) is 0. The van der Waals surface area contributed by atoms with Gasteiger partial charge in [-0.2, -0.15) is 26.3 Å². The summed E-state index contributed by atoms with van der Waals surface area (Å²) in [6.07, 6.45) is -7.04. The Morgan fingerprint density at radius 2 is 1.11 bits per heavy atom. The minimum absolute atomic E-state index is 0.0242. The van der Waals surface area contributed by atoms with Crippen LogP contribution in [-0.2, 0) is 12.4 Å². The molecule has 1 aromatic carbocycles. The summed E-state index contributed by atoms with van der Waals surface area (Å²) < 4.78 is 72.7. The van der Waals surface area contributed by atoms with Crippen molar-refractivity contribution in [3.05, 3.63) is 29.3 Å². The van der Waals surface area contributed by atoms with Gasteiger partial charge in [-0.25, -0.2) is 0 Å². The lowest BCUT2D eigenvalue weighted by molar-refractivity contribution is -0.142. The lowest BCUT2D eigenvalue weighted by atomic mass is 9.91. The summed E-state index contributed by atoms with van der Waals surface area (Å²) >= 11 is 0. The maximum Gasteiger partial charge on any atom is 0.416 e. The van der Waals surface area contributed by atoms with E-state index in [9.17, 15) is 26.3 Å². The minimum Gasteiger partial charge on any atom is -0.166 e. The largest absolute Gasteiger partial charge is 0.416 e. The average Bonchev–Trinajstić information content (AvgIpc) is 2.26. The van der Waals surface area contributed by atoms with Gasteiger partial charge in [0.25, 0.3) is 0 Å². The van der Waals surface area contributed by atoms with Gasteiger partial charge < -0.3 is 0 Å². The third-order valence-corrected chi connectivity index (χ3v) is 2.11. The molecular weight excluding hydrogens is 269 g/mol. The highest BCUT2D eigenvalue weighted by Gasteiger charge is 2.36. The SMILES string of the molecule is CCCC.[B]c1cc(C(F)(F)F)cc(C(F)(F)F)c1. The first kappa shape index (κ1) is 17.9. The number of unbranched alkanes of at least 4 members (excludes halogenated alkanes) is 1. The molecule has 0 N–H and O–H groups in total. The maximum atomic E-state index is 12.1. The molecule has 1 rings (SSSR count). The summed E-state index contributed by atoms with van der Waals surface area (Å²) in [5.41, 5.74) is -3.39. The molecule has 0 saturated carbocycles. The maximum absolute atomic E-state index is 12.1. The highest BCUT2D eigenvalue weighted by molar-refractivity contribution is 6.32. The average molecular weight is 282 g/mol. The molecule has 0 spiro atoms. The van der Waals surface area contributed by atoms with Crippen molar-refractivity contribution in [2.45, 2.75) is 39.0 Å². The topological polar surface area (TPSA) is 0 Å². The zero-order valence-corrected chi connectivity index (χ0v) is 10.5. The van der Waals surface area contributed by atoms with E-state index in [1.165, 1.54) is 12.8 Å². The van der Waals surface area contributed by atoms with Crippen LogP contribution in [0.1, 0.15) is 37.8 Å². The van der Waals surface area contributed by atoms with Crippen molar-refractivity contribution in [1.29, 1.82) is 0 Å². The van der Waals surface area contributed by atoms with E-state index in [1.807, 2.05) is 0 Å². The Labute approximate surface area is 109 Å². The van der Waals surface area contributed by atoms with E-state index in [1.54, 1.807) is 0 Å².